The Kier molecular flexibility index (Phi) is 5.05. The lowest BCUT2D eigenvalue weighted by Crippen LogP contribution is -2.51. The Hall–Kier alpha value is -0.120. The Balaban J connectivity index is 1.93. The van der Waals surface area contributed by atoms with Crippen molar-refractivity contribution in [3.63, 3.8) is 0 Å². The van der Waals surface area contributed by atoms with Gasteiger partial charge in [-0.2, -0.15) is 0 Å². The Labute approximate surface area is 112 Å². The number of hydrogen-bond donors (Lipinski definition) is 2. The third kappa shape index (κ3) is 3.25. The highest BCUT2D eigenvalue weighted by molar-refractivity contribution is 4.91. The van der Waals surface area contributed by atoms with Crippen molar-refractivity contribution in [3.05, 3.63) is 0 Å². The third-order valence-corrected chi connectivity index (χ3v) is 5.28. The predicted octanol–water partition coefficient (Wildman–Crippen LogP) is 1.99. The molecule has 2 aliphatic carbocycles. The summed E-state index contributed by atoms with van der Waals surface area (Å²) in [5.41, 5.74) is 6.43. The van der Waals surface area contributed by atoms with E-state index < -0.39 is 0 Å². The van der Waals surface area contributed by atoms with E-state index in [2.05, 4.69) is 11.8 Å². The fourth-order valence-corrected chi connectivity index (χ4v) is 3.50. The van der Waals surface area contributed by atoms with Gasteiger partial charge in [-0.3, -0.25) is 4.90 Å². The lowest BCUT2D eigenvalue weighted by molar-refractivity contribution is 0.0323. The molecule has 0 unspecified atom stereocenters. The van der Waals surface area contributed by atoms with Crippen molar-refractivity contribution in [2.24, 2.45) is 17.1 Å². The number of aliphatic hydroxyl groups excluding tert-OH is 1. The largest absolute Gasteiger partial charge is 0.395 e. The van der Waals surface area contributed by atoms with Crippen LogP contribution in [0.3, 0.4) is 0 Å². The molecule has 2 rings (SSSR count). The maximum Gasteiger partial charge on any atom is 0.0558 e. The Bertz CT molecular complexity index is 245. The minimum absolute atomic E-state index is 0.285. The smallest absolute Gasteiger partial charge is 0.0558 e. The molecule has 0 radical (unpaired) electrons. The molecule has 0 heterocycles. The average molecular weight is 254 g/mol. The number of rotatable bonds is 6. The van der Waals surface area contributed by atoms with Crippen LogP contribution in [0.25, 0.3) is 0 Å². The van der Waals surface area contributed by atoms with Crippen molar-refractivity contribution in [2.75, 3.05) is 26.2 Å². The monoisotopic (exact) mass is 254 g/mol. The van der Waals surface area contributed by atoms with E-state index in [1.807, 2.05) is 0 Å². The molecule has 2 fully saturated rings. The second-order valence-corrected chi connectivity index (χ2v) is 6.67. The summed E-state index contributed by atoms with van der Waals surface area (Å²) >= 11 is 0. The van der Waals surface area contributed by atoms with Crippen LogP contribution < -0.4 is 5.73 Å². The van der Waals surface area contributed by atoms with Gasteiger partial charge < -0.3 is 10.8 Å². The van der Waals surface area contributed by atoms with Crippen LogP contribution in [-0.4, -0.2) is 42.3 Å². The van der Waals surface area contributed by atoms with Crippen LogP contribution in [-0.2, 0) is 0 Å². The standard InChI is InChI=1S/C15H30N2O/c1-13-5-7-15(11-16,8-6-13)12-17(9-10-18)14-3-2-4-14/h13-14,18H,2-12,16H2,1H3. The zero-order valence-electron chi connectivity index (χ0n) is 11.9. The summed E-state index contributed by atoms with van der Waals surface area (Å²) < 4.78 is 0. The Morgan fingerprint density at radius 2 is 1.89 bits per heavy atom. The van der Waals surface area contributed by atoms with Gasteiger partial charge in [0, 0.05) is 19.1 Å². The second-order valence-electron chi connectivity index (χ2n) is 6.67. The SMILES string of the molecule is CC1CCC(CN)(CN(CCO)C2CCC2)CC1. The van der Waals surface area contributed by atoms with E-state index >= 15 is 0 Å². The summed E-state index contributed by atoms with van der Waals surface area (Å²) in [7, 11) is 0. The molecule has 18 heavy (non-hydrogen) atoms. The highest BCUT2D eigenvalue weighted by atomic mass is 16.3. The summed E-state index contributed by atoms with van der Waals surface area (Å²) in [6.07, 6.45) is 9.20. The molecule has 0 aliphatic heterocycles. The Morgan fingerprint density at radius 3 is 2.33 bits per heavy atom. The first kappa shape index (κ1) is 14.3. The van der Waals surface area contributed by atoms with E-state index in [1.165, 1.54) is 44.9 Å². The number of hydrogen-bond acceptors (Lipinski definition) is 3. The van der Waals surface area contributed by atoms with Crippen molar-refractivity contribution in [1.82, 2.24) is 4.90 Å². The van der Waals surface area contributed by atoms with Crippen molar-refractivity contribution < 1.29 is 5.11 Å². The molecule has 106 valence electrons. The molecule has 2 saturated carbocycles. The van der Waals surface area contributed by atoms with Gasteiger partial charge in [0.2, 0.25) is 0 Å². The fourth-order valence-electron chi connectivity index (χ4n) is 3.50. The average Bonchev–Trinajstić information content (AvgIpc) is 2.31. The molecular formula is C15H30N2O. The van der Waals surface area contributed by atoms with Crippen LogP contribution in [0, 0.1) is 11.3 Å². The van der Waals surface area contributed by atoms with Crippen LogP contribution in [0.15, 0.2) is 0 Å². The molecular weight excluding hydrogens is 224 g/mol. The van der Waals surface area contributed by atoms with E-state index in [1.54, 1.807) is 0 Å². The van der Waals surface area contributed by atoms with E-state index in [4.69, 9.17) is 5.73 Å². The normalized spacial score (nSPS) is 33.7. The second kappa shape index (κ2) is 6.36. The molecule has 3 heteroatoms. The topological polar surface area (TPSA) is 49.5 Å². The molecule has 0 aromatic rings. The lowest BCUT2D eigenvalue weighted by atomic mass is 9.70. The summed E-state index contributed by atoms with van der Waals surface area (Å²) in [6.45, 7) is 5.41. The molecule has 0 bridgehead atoms. The highest BCUT2D eigenvalue weighted by Crippen LogP contribution is 2.40. The van der Waals surface area contributed by atoms with Crippen LogP contribution >= 0.6 is 0 Å². The zero-order valence-corrected chi connectivity index (χ0v) is 11.9. The van der Waals surface area contributed by atoms with E-state index in [0.717, 1.165) is 31.6 Å². The summed E-state index contributed by atoms with van der Waals surface area (Å²) in [4.78, 5) is 2.52. The van der Waals surface area contributed by atoms with Gasteiger partial charge in [0.1, 0.15) is 0 Å². The molecule has 2 aliphatic rings. The predicted molar refractivity (Wildman–Crippen MR) is 75.4 cm³/mol. The molecule has 0 saturated heterocycles. The zero-order chi connectivity index (χ0) is 13.0. The van der Waals surface area contributed by atoms with Gasteiger partial charge in [0.05, 0.1) is 6.61 Å². The first-order chi connectivity index (χ1) is 8.69. The molecule has 0 atom stereocenters. The Morgan fingerprint density at radius 1 is 1.22 bits per heavy atom. The number of aliphatic hydroxyl groups is 1. The lowest BCUT2D eigenvalue weighted by Gasteiger charge is -2.46. The van der Waals surface area contributed by atoms with E-state index in [9.17, 15) is 5.11 Å². The van der Waals surface area contributed by atoms with Gasteiger partial charge >= 0.3 is 0 Å². The van der Waals surface area contributed by atoms with Crippen molar-refractivity contribution in [1.29, 1.82) is 0 Å². The van der Waals surface area contributed by atoms with Crippen LogP contribution in [0.4, 0.5) is 0 Å². The minimum Gasteiger partial charge on any atom is -0.395 e. The molecule has 0 spiro atoms. The highest BCUT2D eigenvalue weighted by Gasteiger charge is 2.37. The molecule has 0 amide bonds. The van der Waals surface area contributed by atoms with E-state index in [0.29, 0.717) is 5.41 Å². The summed E-state index contributed by atoms with van der Waals surface area (Å²) in [6, 6.07) is 0.722. The number of nitrogens with zero attached hydrogens (tertiary/aromatic N) is 1. The maximum atomic E-state index is 9.26. The molecule has 0 aromatic heterocycles. The first-order valence-corrected chi connectivity index (χ1v) is 7.74. The molecule has 3 nitrogen and oxygen atoms in total. The van der Waals surface area contributed by atoms with Crippen LogP contribution in [0.2, 0.25) is 0 Å². The quantitative estimate of drug-likeness (QED) is 0.762. The summed E-state index contributed by atoms with van der Waals surface area (Å²) in [5, 5.41) is 9.26. The van der Waals surface area contributed by atoms with Gasteiger partial charge in [-0.25, -0.2) is 0 Å². The van der Waals surface area contributed by atoms with Crippen molar-refractivity contribution >= 4 is 0 Å². The van der Waals surface area contributed by atoms with Gasteiger partial charge in [-0.15, -0.1) is 0 Å². The molecule has 3 N–H and O–H groups in total. The van der Waals surface area contributed by atoms with Gasteiger partial charge in [0.15, 0.2) is 0 Å². The van der Waals surface area contributed by atoms with Gasteiger partial charge in [0.25, 0.3) is 0 Å². The van der Waals surface area contributed by atoms with Crippen LogP contribution in [0.1, 0.15) is 51.9 Å². The first-order valence-electron chi connectivity index (χ1n) is 7.74. The van der Waals surface area contributed by atoms with Crippen molar-refractivity contribution in [2.45, 2.75) is 57.9 Å². The summed E-state index contributed by atoms with van der Waals surface area (Å²) in [5.74, 6) is 0.875. The minimum atomic E-state index is 0.285. The fraction of sp³-hybridized carbons (Fsp3) is 1.00. The molecule has 0 aromatic carbocycles. The van der Waals surface area contributed by atoms with Gasteiger partial charge in [-0.05, 0) is 43.6 Å². The van der Waals surface area contributed by atoms with E-state index in [-0.39, 0.29) is 6.61 Å². The third-order valence-electron chi connectivity index (χ3n) is 5.28. The number of nitrogens with two attached hydrogens (primary N) is 1. The van der Waals surface area contributed by atoms with Crippen molar-refractivity contribution in [3.8, 4) is 0 Å². The van der Waals surface area contributed by atoms with Gasteiger partial charge in [-0.1, -0.05) is 26.2 Å². The van der Waals surface area contributed by atoms with Crippen LogP contribution in [0.5, 0.6) is 0 Å². The maximum absolute atomic E-state index is 9.26.